The zero-order chi connectivity index (χ0) is 13.0. The van der Waals surface area contributed by atoms with Crippen molar-refractivity contribution in [3.63, 3.8) is 0 Å². The van der Waals surface area contributed by atoms with Crippen LogP contribution in [0.2, 0.25) is 5.02 Å². The van der Waals surface area contributed by atoms with Crippen molar-refractivity contribution in [1.29, 1.82) is 0 Å². The summed E-state index contributed by atoms with van der Waals surface area (Å²) in [6.45, 7) is 3.72. The molecule has 94 valence electrons. The molecular formula is C14H16ClN3. The van der Waals surface area contributed by atoms with Crippen LogP contribution in [0.5, 0.6) is 0 Å². The van der Waals surface area contributed by atoms with Gasteiger partial charge >= 0.3 is 0 Å². The summed E-state index contributed by atoms with van der Waals surface area (Å²) >= 11 is 5.88. The van der Waals surface area contributed by atoms with E-state index in [4.69, 9.17) is 11.6 Å². The standard InChI is InChI=1S/C14H16ClN3/c1-3-4-5-6-13-16-17-14(18(13)2)11-7-9-12(15)10-8-11/h3,7-10H,1,4-6H2,2H3. The highest BCUT2D eigenvalue weighted by Crippen LogP contribution is 2.20. The van der Waals surface area contributed by atoms with Gasteiger partial charge in [-0.15, -0.1) is 16.8 Å². The van der Waals surface area contributed by atoms with E-state index in [1.165, 1.54) is 0 Å². The average molecular weight is 262 g/mol. The normalized spacial score (nSPS) is 10.6. The molecule has 2 rings (SSSR count). The Hall–Kier alpha value is -1.61. The Labute approximate surface area is 112 Å². The number of hydrogen-bond donors (Lipinski definition) is 0. The number of nitrogens with zero attached hydrogens (tertiary/aromatic N) is 3. The van der Waals surface area contributed by atoms with Crippen molar-refractivity contribution < 1.29 is 0 Å². The lowest BCUT2D eigenvalue weighted by atomic mass is 10.2. The van der Waals surface area contributed by atoms with Gasteiger partial charge in [0.2, 0.25) is 0 Å². The first-order valence-electron chi connectivity index (χ1n) is 5.97. The van der Waals surface area contributed by atoms with Crippen molar-refractivity contribution >= 4 is 11.6 Å². The second-order valence-electron chi connectivity index (χ2n) is 4.19. The van der Waals surface area contributed by atoms with Crippen molar-refractivity contribution in [1.82, 2.24) is 14.8 Å². The van der Waals surface area contributed by atoms with Crippen LogP contribution in [-0.2, 0) is 13.5 Å². The number of rotatable bonds is 5. The van der Waals surface area contributed by atoms with Crippen LogP contribution < -0.4 is 0 Å². The predicted octanol–water partition coefficient (Wildman–Crippen LogP) is 3.64. The minimum atomic E-state index is 0.729. The van der Waals surface area contributed by atoms with Gasteiger partial charge < -0.3 is 4.57 Å². The van der Waals surface area contributed by atoms with Crippen LogP contribution in [0.15, 0.2) is 36.9 Å². The van der Waals surface area contributed by atoms with Crippen molar-refractivity contribution in [3.8, 4) is 11.4 Å². The van der Waals surface area contributed by atoms with Crippen LogP contribution in [0.25, 0.3) is 11.4 Å². The molecule has 4 heteroatoms. The molecule has 0 atom stereocenters. The van der Waals surface area contributed by atoms with Gasteiger partial charge in [-0.3, -0.25) is 0 Å². The molecule has 0 saturated heterocycles. The number of unbranched alkanes of at least 4 members (excludes halogenated alkanes) is 1. The molecule has 0 saturated carbocycles. The first-order chi connectivity index (χ1) is 8.72. The second kappa shape index (κ2) is 5.83. The maximum Gasteiger partial charge on any atom is 0.163 e. The third kappa shape index (κ3) is 2.79. The topological polar surface area (TPSA) is 30.7 Å². The van der Waals surface area contributed by atoms with Crippen LogP contribution in [0.3, 0.4) is 0 Å². The van der Waals surface area contributed by atoms with Crippen LogP contribution in [0, 0.1) is 0 Å². The van der Waals surface area contributed by atoms with Gasteiger partial charge in [-0.05, 0) is 37.1 Å². The molecule has 0 radical (unpaired) electrons. The number of halogens is 1. The minimum Gasteiger partial charge on any atom is -0.314 e. The van der Waals surface area contributed by atoms with Gasteiger partial charge in [0, 0.05) is 24.1 Å². The second-order valence-corrected chi connectivity index (χ2v) is 4.62. The van der Waals surface area contributed by atoms with Crippen molar-refractivity contribution in [2.75, 3.05) is 0 Å². The summed E-state index contributed by atoms with van der Waals surface area (Å²) in [5.74, 6) is 1.88. The number of hydrogen-bond acceptors (Lipinski definition) is 2. The first kappa shape index (κ1) is 12.8. The fourth-order valence-electron chi connectivity index (χ4n) is 1.83. The lowest BCUT2D eigenvalue weighted by Crippen LogP contribution is -1.99. The van der Waals surface area contributed by atoms with Gasteiger partial charge in [-0.2, -0.15) is 0 Å². The molecule has 3 nitrogen and oxygen atoms in total. The van der Waals surface area contributed by atoms with Crippen LogP contribution in [0.1, 0.15) is 18.7 Å². The molecule has 0 bridgehead atoms. The van der Waals surface area contributed by atoms with Gasteiger partial charge in [0.25, 0.3) is 0 Å². The lowest BCUT2D eigenvalue weighted by molar-refractivity contribution is 0.733. The lowest BCUT2D eigenvalue weighted by Gasteiger charge is -2.03. The van der Waals surface area contributed by atoms with E-state index in [0.717, 1.165) is 41.5 Å². The number of aryl methyl sites for hydroxylation is 1. The minimum absolute atomic E-state index is 0.729. The number of allylic oxidation sites excluding steroid dienone is 1. The van der Waals surface area contributed by atoms with Crippen LogP contribution >= 0.6 is 11.6 Å². The Morgan fingerprint density at radius 2 is 2.00 bits per heavy atom. The van der Waals surface area contributed by atoms with Gasteiger partial charge in [0.05, 0.1) is 0 Å². The van der Waals surface area contributed by atoms with E-state index < -0.39 is 0 Å². The highest BCUT2D eigenvalue weighted by atomic mass is 35.5. The third-order valence-electron chi connectivity index (χ3n) is 2.88. The molecule has 0 aliphatic carbocycles. The predicted molar refractivity (Wildman–Crippen MR) is 74.6 cm³/mol. The summed E-state index contributed by atoms with van der Waals surface area (Å²) in [4.78, 5) is 0. The Morgan fingerprint density at radius 1 is 1.28 bits per heavy atom. The molecule has 0 aliphatic heterocycles. The molecule has 0 N–H and O–H groups in total. The fourth-order valence-corrected chi connectivity index (χ4v) is 1.96. The first-order valence-corrected chi connectivity index (χ1v) is 6.35. The van der Waals surface area contributed by atoms with Gasteiger partial charge in [0.15, 0.2) is 5.82 Å². The van der Waals surface area contributed by atoms with Gasteiger partial charge in [0.1, 0.15) is 5.82 Å². The largest absolute Gasteiger partial charge is 0.314 e. The molecule has 1 heterocycles. The van der Waals surface area contributed by atoms with Crippen molar-refractivity contribution in [3.05, 3.63) is 47.8 Å². The summed E-state index contributed by atoms with van der Waals surface area (Å²) < 4.78 is 2.03. The molecule has 18 heavy (non-hydrogen) atoms. The molecule has 0 spiro atoms. The Morgan fingerprint density at radius 3 is 2.67 bits per heavy atom. The fraction of sp³-hybridized carbons (Fsp3) is 0.286. The molecular weight excluding hydrogens is 246 g/mol. The third-order valence-corrected chi connectivity index (χ3v) is 3.13. The van der Waals surface area contributed by atoms with E-state index in [2.05, 4.69) is 16.8 Å². The zero-order valence-electron chi connectivity index (χ0n) is 10.4. The van der Waals surface area contributed by atoms with Crippen LogP contribution in [-0.4, -0.2) is 14.8 Å². The van der Waals surface area contributed by atoms with E-state index in [1.807, 2.05) is 42.0 Å². The van der Waals surface area contributed by atoms with Gasteiger partial charge in [-0.25, -0.2) is 0 Å². The van der Waals surface area contributed by atoms with Gasteiger partial charge in [-0.1, -0.05) is 17.7 Å². The highest BCUT2D eigenvalue weighted by molar-refractivity contribution is 6.30. The molecule has 1 aromatic carbocycles. The van der Waals surface area contributed by atoms with Crippen molar-refractivity contribution in [2.45, 2.75) is 19.3 Å². The summed E-state index contributed by atoms with van der Waals surface area (Å²) in [5, 5.41) is 9.20. The molecule has 0 fully saturated rings. The average Bonchev–Trinajstić information content (AvgIpc) is 2.73. The molecule has 0 unspecified atom stereocenters. The highest BCUT2D eigenvalue weighted by Gasteiger charge is 2.09. The van der Waals surface area contributed by atoms with E-state index in [1.54, 1.807) is 0 Å². The number of benzene rings is 1. The van der Waals surface area contributed by atoms with E-state index in [9.17, 15) is 0 Å². The SMILES string of the molecule is C=CCCCc1nnc(-c2ccc(Cl)cc2)n1C. The Balaban J connectivity index is 2.19. The molecule has 1 aromatic heterocycles. The summed E-state index contributed by atoms with van der Waals surface area (Å²) in [6, 6.07) is 7.64. The molecule has 2 aromatic rings. The maximum absolute atomic E-state index is 5.88. The van der Waals surface area contributed by atoms with E-state index in [-0.39, 0.29) is 0 Å². The Kier molecular flexibility index (Phi) is 4.15. The summed E-state index contributed by atoms with van der Waals surface area (Å²) in [5.41, 5.74) is 1.03. The monoisotopic (exact) mass is 261 g/mol. The zero-order valence-corrected chi connectivity index (χ0v) is 11.2. The Bertz CT molecular complexity index is 528. The van der Waals surface area contributed by atoms with Crippen LogP contribution in [0.4, 0.5) is 0 Å². The van der Waals surface area contributed by atoms with E-state index in [0.29, 0.717) is 0 Å². The molecule has 0 amide bonds. The maximum atomic E-state index is 5.88. The van der Waals surface area contributed by atoms with Crippen molar-refractivity contribution in [2.24, 2.45) is 7.05 Å². The summed E-state index contributed by atoms with van der Waals surface area (Å²) in [7, 11) is 1.99. The van der Waals surface area contributed by atoms with E-state index >= 15 is 0 Å². The number of aromatic nitrogens is 3. The molecule has 0 aliphatic rings. The summed E-state index contributed by atoms with van der Waals surface area (Å²) in [6.07, 6.45) is 4.90. The quantitative estimate of drug-likeness (QED) is 0.608. The smallest absolute Gasteiger partial charge is 0.163 e.